The average molecular weight is 529 g/mol. The number of carbonyl (C=O) groups is 3. The third-order valence-electron chi connectivity index (χ3n) is 13.9. The van der Waals surface area contributed by atoms with Crippen molar-refractivity contribution >= 4 is 17.7 Å². The van der Waals surface area contributed by atoms with Crippen LogP contribution in [0.5, 0.6) is 0 Å². The van der Waals surface area contributed by atoms with Crippen LogP contribution in [0.1, 0.15) is 120 Å². The molecule has 5 saturated carbocycles. The summed E-state index contributed by atoms with van der Waals surface area (Å²) in [4.78, 5) is 36.8. The molecule has 5 aliphatic rings. The lowest BCUT2D eigenvalue weighted by Crippen LogP contribution is -2.67. The lowest BCUT2D eigenvalue weighted by molar-refractivity contribution is -0.252. The third kappa shape index (κ3) is 3.79. The second-order valence-electron chi connectivity index (χ2n) is 15.6. The predicted octanol–water partition coefficient (Wildman–Crippen LogP) is 7.15. The molecule has 0 N–H and O–H groups in total. The van der Waals surface area contributed by atoms with Gasteiger partial charge in [-0.2, -0.15) is 0 Å². The van der Waals surface area contributed by atoms with Gasteiger partial charge in [0, 0.05) is 30.6 Å². The van der Waals surface area contributed by atoms with Crippen molar-refractivity contribution in [1.82, 2.24) is 0 Å². The van der Waals surface area contributed by atoms with E-state index in [0.717, 1.165) is 38.5 Å². The standard InChI is InChI=1S/C33H52O5/c1-20(34)23-11-16-33(19-37-21(2)35)18-17-31(7)24(28(23)33)9-10-26-30(6)14-13-27(38-22(3)36)29(4,5)25(30)12-15-32(26,31)8/h23-28H,9-19H2,1-8H3/t23-,24+,25+,26-,27-,28+,30-,31+,32+,33+/m0/s1. The maximum absolute atomic E-state index is 13.0. The van der Waals surface area contributed by atoms with Crippen LogP contribution in [0.4, 0.5) is 0 Å². The molecule has 0 amide bonds. The first-order valence-corrected chi connectivity index (χ1v) is 15.4. The zero-order chi connectivity index (χ0) is 27.9. The highest BCUT2D eigenvalue weighted by atomic mass is 16.5. The van der Waals surface area contributed by atoms with Crippen LogP contribution in [0.25, 0.3) is 0 Å². The lowest BCUT2D eigenvalue weighted by Gasteiger charge is -2.73. The van der Waals surface area contributed by atoms with Crippen molar-refractivity contribution in [2.24, 2.45) is 56.7 Å². The Kier molecular flexibility index (Phi) is 6.71. The molecule has 0 heterocycles. The SMILES string of the molecule is CC(=O)OC[C@]12CC[C@@H](C(C)=O)[C@@H]1[C@H]1CC[C@H]3[C@@]4(C)CC[C@H](OC(C)=O)C(C)(C)[C@H]4CC[C@@]3(C)[C@]1(C)CC2. The van der Waals surface area contributed by atoms with Crippen LogP contribution in [-0.2, 0) is 23.9 Å². The Morgan fingerprint density at radius 3 is 2.05 bits per heavy atom. The van der Waals surface area contributed by atoms with Crippen molar-refractivity contribution in [3.63, 3.8) is 0 Å². The van der Waals surface area contributed by atoms with Crippen LogP contribution in [-0.4, -0.2) is 30.4 Å². The maximum atomic E-state index is 13.0. The van der Waals surface area contributed by atoms with Gasteiger partial charge in [-0.3, -0.25) is 14.4 Å². The molecule has 0 aromatic carbocycles. The predicted molar refractivity (Wildman–Crippen MR) is 147 cm³/mol. The normalized spacial score (nSPS) is 49.1. The summed E-state index contributed by atoms with van der Waals surface area (Å²) >= 11 is 0. The first kappa shape index (κ1) is 28.1. The van der Waals surface area contributed by atoms with Crippen LogP contribution in [0, 0.1) is 56.7 Å². The summed E-state index contributed by atoms with van der Waals surface area (Å²) in [6, 6.07) is 0. The van der Waals surface area contributed by atoms with E-state index >= 15 is 0 Å². The Balaban J connectivity index is 1.49. The van der Waals surface area contributed by atoms with Crippen LogP contribution >= 0.6 is 0 Å². The Bertz CT molecular complexity index is 1000. The van der Waals surface area contributed by atoms with Crippen molar-refractivity contribution in [3.05, 3.63) is 0 Å². The molecule has 0 bridgehead atoms. The number of carbonyl (C=O) groups excluding carboxylic acids is 3. The maximum Gasteiger partial charge on any atom is 0.302 e. The summed E-state index contributed by atoms with van der Waals surface area (Å²) in [5, 5.41) is 0. The van der Waals surface area contributed by atoms with Crippen LogP contribution in [0.2, 0.25) is 0 Å². The fourth-order valence-corrected chi connectivity index (χ4v) is 12.1. The minimum Gasteiger partial charge on any atom is -0.465 e. The second kappa shape index (κ2) is 9.06. The fourth-order valence-electron chi connectivity index (χ4n) is 12.1. The van der Waals surface area contributed by atoms with Crippen LogP contribution < -0.4 is 0 Å². The molecule has 0 radical (unpaired) electrons. The highest BCUT2D eigenvalue weighted by Crippen LogP contribution is 2.77. The van der Waals surface area contributed by atoms with Crippen molar-refractivity contribution < 1.29 is 23.9 Å². The van der Waals surface area contributed by atoms with E-state index in [1.165, 1.54) is 32.6 Å². The zero-order valence-electron chi connectivity index (χ0n) is 25.3. The first-order valence-electron chi connectivity index (χ1n) is 15.4. The van der Waals surface area contributed by atoms with Gasteiger partial charge in [0.25, 0.3) is 0 Å². The van der Waals surface area contributed by atoms with E-state index in [4.69, 9.17) is 9.47 Å². The molecule has 10 atom stereocenters. The van der Waals surface area contributed by atoms with E-state index in [0.29, 0.717) is 36.1 Å². The van der Waals surface area contributed by atoms with Gasteiger partial charge in [-0.15, -0.1) is 0 Å². The second-order valence-corrected chi connectivity index (χ2v) is 15.6. The van der Waals surface area contributed by atoms with E-state index in [-0.39, 0.29) is 51.0 Å². The molecule has 5 fully saturated rings. The molecule has 0 aliphatic heterocycles. The Morgan fingerprint density at radius 1 is 0.711 bits per heavy atom. The molecule has 0 unspecified atom stereocenters. The topological polar surface area (TPSA) is 69.7 Å². The molecule has 0 aromatic rings. The highest BCUT2D eigenvalue weighted by Gasteiger charge is 2.71. The van der Waals surface area contributed by atoms with Crippen molar-refractivity contribution in [1.29, 1.82) is 0 Å². The van der Waals surface area contributed by atoms with E-state index in [2.05, 4.69) is 34.6 Å². The largest absolute Gasteiger partial charge is 0.465 e. The first-order chi connectivity index (χ1) is 17.6. The highest BCUT2D eigenvalue weighted by molar-refractivity contribution is 5.79. The number of ketones is 1. The Morgan fingerprint density at radius 2 is 1.42 bits per heavy atom. The summed E-state index contributed by atoms with van der Waals surface area (Å²) in [6.07, 6.45) is 11.0. The van der Waals surface area contributed by atoms with E-state index < -0.39 is 0 Å². The molecule has 0 spiro atoms. The number of rotatable bonds is 4. The smallest absolute Gasteiger partial charge is 0.302 e. The van der Waals surface area contributed by atoms with Gasteiger partial charge in [0.05, 0.1) is 6.61 Å². The van der Waals surface area contributed by atoms with Gasteiger partial charge >= 0.3 is 11.9 Å². The Labute approximate surface area is 230 Å². The van der Waals surface area contributed by atoms with Gasteiger partial charge in [0.15, 0.2) is 0 Å². The number of Topliss-reactive ketones (excluding diaryl/α,β-unsaturated/α-hetero) is 1. The fraction of sp³-hybridized carbons (Fsp3) is 0.909. The quantitative estimate of drug-likeness (QED) is 0.362. The monoisotopic (exact) mass is 528 g/mol. The third-order valence-corrected chi connectivity index (χ3v) is 13.9. The number of hydrogen-bond acceptors (Lipinski definition) is 5. The van der Waals surface area contributed by atoms with Crippen LogP contribution in [0.3, 0.4) is 0 Å². The molecule has 5 rings (SSSR count). The summed E-state index contributed by atoms with van der Waals surface area (Å²) < 4.78 is 11.6. The molecule has 38 heavy (non-hydrogen) atoms. The lowest BCUT2D eigenvalue weighted by atomic mass is 9.32. The number of fused-ring (bicyclic) bond motifs is 7. The minimum atomic E-state index is -0.202. The molecule has 5 aliphatic carbocycles. The van der Waals surface area contributed by atoms with Gasteiger partial charge in [-0.05, 0) is 111 Å². The number of hydrogen-bond donors (Lipinski definition) is 0. The van der Waals surface area contributed by atoms with Gasteiger partial charge in [0.2, 0.25) is 0 Å². The van der Waals surface area contributed by atoms with E-state index in [9.17, 15) is 14.4 Å². The van der Waals surface area contributed by atoms with Crippen molar-refractivity contribution in [3.8, 4) is 0 Å². The summed E-state index contributed by atoms with van der Waals surface area (Å²) in [6.45, 7) is 17.8. The molecule has 0 aromatic heterocycles. The number of esters is 2. The zero-order valence-corrected chi connectivity index (χ0v) is 25.3. The Hall–Kier alpha value is -1.39. The van der Waals surface area contributed by atoms with Gasteiger partial charge < -0.3 is 9.47 Å². The molecule has 0 saturated heterocycles. The van der Waals surface area contributed by atoms with Crippen molar-refractivity contribution in [2.75, 3.05) is 6.61 Å². The minimum absolute atomic E-state index is 0.000688. The molecular formula is C33H52O5. The summed E-state index contributed by atoms with van der Waals surface area (Å²) in [5.41, 5.74) is 0.532. The van der Waals surface area contributed by atoms with Gasteiger partial charge in [0.1, 0.15) is 11.9 Å². The molecule has 5 nitrogen and oxygen atoms in total. The summed E-state index contributed by atoms with van der Waals surface area (Å²) in [5.74, 6) is 2.05. The molecular weight excluding hydrogens is 476 g/mol. The van der Waals surface area contributed by atoms with Crippen molar-refractivity contribution in [2.45, 2.75) is 126 Å². The number of ether oxygens (including phenoxy) is 2. The molecule has 214 valence electrons. The van der Waals surface area contributed by atoms with Gasteiger partial charge in [-0.25, -0.2) is 0 Å². The van der Waals surface area contributed by atoms with Gasteiger partial charge in [-0.1, -0.05) is 34.6 Å². The van der Waals surface area contributed by atoms with E-state index in [1.807, 2.05) is 0 Å². The summed E-state index contributed by atoms with van der Waals surface area (Å²) in [7, 11) is 0. The van der Waals surface area contributed by atoms with E-state index in [1.54, 1.807) is 13.8 Å². The average Bonchev–Trinajstić information content (AvgIpc) is 3.20. The molecule has 5 heteroatoms. The van der Waals surface area contributed by atoms with Crippen LogP contribution in [0.15, 0.2) is 0 Å².